The predicted molar refractivity (Wildman–Crippen MR) is 298 cm³/mol. The molecule has 30 heteroatoms. The minimum atomic E-state index is -5.79. The molecule has 498 valence electrons. The van der Waals surface area contributed by atoms with Crippen LogP contribution in [0.15, 0.2) is 66.7 Å². The summed E-state index contributed by atoms with van der Waals surface area (Å²) in [6.45, 7) is 15.5. The normalized spacial score (nSPS) is 14.8. The van der Waals surface area contributed by atoms with Gasteiger partial charge >= 0.3 is 60.8 Å². The Labute approximate surface area is 507 Å². The molecule has 89 heavy (non-hydrogen) atoms. The number of alkyl halides is 12. The van der Waals surface area contributed by atoms with Crippen LogP contribution in [-0.2, 0) is 67.2 Å². The van der Waals surface area contributed by atoms with Crippen LogP contribution in [0.3, 0.4) is 0 Å². The summed E-state index contributed by atoms with van der Waals surface area (Å²) in [6, 6.07) is 21.2. The number of nitrogens with one attached hydrogen (secondary N) is 1. The number of amides is 2. The Kier molecular flexibility index (Phi) is 27.1. The largest absolute Gasteiger partial charge is 0.434 e. The number of carbonyl (C=O) groups excluding carboxylic acids is 6. The number of aryl methyl sites for hydroxylation is 2. The maximum atomic E-state index is 12.9. The molecule has 2 heterocycles. The van der Waals surface area contributed by atoms with E-state index in [2.05, 4.69) is 19.7 Å². The van der Waals surface area contributed by atoms with Crippen LogP contribution in [0.4, 0.5) is 73.6 Å². The Morgan fingerprint density at radius 3 is 1.35 bits per heavy atom. The van der Waals surface area contributed by atoms with E-state index in [1.165, 1.54) is 0 Å². The van der Waals surface area contributed by atoms with Gasteiger partial charge in [-0.05, 0) is 108 Å². The zero-order chi connectivity index (χ0) is 66.7. The number of hydrogen-bond acceptors (Lipinski definition) is 16. The van der Waals surface area contributed by atoms with Crippen LogP contribution < -0.4 is 10.2 Å². The van der Waals surface area contributed by atoms with Gasteiger partial charge in [0.1, 0.15) is 0 Å². The van der Waals surface area contributed by atoms with Gasteiger partial charge in [0, 0.05) is 109 Å². The molecule has 0 atom stereocenters. The molecule has 0 radical (unpaired) electrons. The van der Waals surface area contributed by atoms with Crippen molar-refractivity contribution < 1.29 is 110 Å². The van der Waals surface area contributed by atoms with Gasteiger partial charge in [0.25, 0.3) is 12.2 Å². The second-order valence-electron chi connectivity index (χ2n) is 23.2. The predicted octanol–water partition coefficient (Wildman–Crippen LogP) is 11.6. The molecule has 0 aromatic heterocycles. The van der Waals surface area contributed by atoms with E-state index < -0.39 is 97.4 Å². The van der Waals surface area contributed by atoms with E-state index in [9.17, 15) is 81.5 Å². The number of nitrogens with zero attached hydrogens (tertiary/aromatic N) is 5. The van der Waals surface area contributed by atoms with E-state index in [0.29, 0.717) is 45.6 Å². The highest BCUT2D eigenvalue weighted by molar-refractivity contribution is 5.76. The summed E-state index contributed by atoms with van der Waals surface area (Å²) in [5, 5.41) is 3.25. The summed E-state index contributed by atoms with van der Waals surface area (Å²) in [5.41, 5.74) is 4.96. The minimum Gasteiger partial charge on any atom is -0.428 e. The molecule has 2 aliphatic heterocycles. The Hall–Kier alpha value is -7.24. The first kappa shape index (κ1) is 74.2. The first-order valence-electron chi connectivity index (χ1n) is 28.2. The average Bonchev–Trinajstić information content (AvgIpc) is 3.62. The SMILES string of the molecule is Cc1ccc(CN2CCN(C(=O)OC(C(F)(F)F)C(F)(F)F)CC2)c(N(CCCC(=O)OCOC(=O)C(C)(C)C)Cc2ccccc2)c1.Cc1ccc(CN2CCN(C(=O)OC(C(F)(F)F)C(F)(F)F)CC2)c(NCCCC(=O)OCOC(=O)C(C)(C)C)c1. The van der Waals surface area contributed by atoms with Gasteiger partial charge < -0.3 is 48.4 Å². The van der Waals surface area contributed by atoms with E-state index in [1.807, 2.05) is 90.4 Å². The highest BCUT2D eigenvalue weighted by Crippen LogP contribution is 2.38. The van der Waals surface area contributed by atoms with Crippen molar-refractivity contribution in [2.24, 2.45) is 10.8 Å². The van der Waals surface area contributed by atoms with E-state index in [0.717, 1.165) is 49.0 Å². The van der Waals surface area contributed by atoms with E-state index in [1.54, 1.807) is 41.5 Å². The quantitative estimate of drug-likeness (QED) is 0.0329. The van der Waals surface area contributed by atoms with E-state index in [4.69, 9.17) is 18.9 Å². The van der Waals surface area contributed by atoms with Crippen LogP contribution in [0, 0.1) is 24.7 Å². The minimum absolute atomic E-state index is 0.0705. The number of halogens is 12. The molecule has 2 fully saturated rings. The maximum absolute atomic E-state index is 12.9. The maximum Gasteiger partial charge on any atom is 0.434 e. The smallest absolute Gasteiger partial charge is 0.428 e. The Morgan fingerprint density at radius 2 is 0.921 bits per heavy atom. The van der Waals surface area contributed by atoms with Crippen molar-refractivity contribution in [2.45, 2.75) is 138 Å². The lowest BCUT2D eigenvalue weighted by atomic mass is 9.97. The summed E-state index contributed by atoms with van der Waals surface area (Å²) < 4.78 is 181. The van der Waals surface area contributed by atoms with Crippen molar-refractivity contribution in [3.63, 3.8) is 0 Å². The van der Waals surface area contributed by atoms with Gasteiger partial charge in [-0.1, -0.05) is 54.6 Å². The van der Waals surface area contributed by atoms with Crippen LogP contribution >= 0.6 is 0 Å². The third-order valence-electron chi connectivity index (χ3n) is 13.5. The molecule has 2 saturated heterocycles. The average molecular weight is 1290 g/mol. The van der Waals surface area contributed by atoms with Gasteiger partial charge in [-0.2, -0.15) is 52.7 Å². The molecule has 1 N–H and O–H groups in total. The van der Waals surface area contributed by atoms with Gasteiger partial charge in [0.15, 0.2) is 0 Å². The lowest BCUT2D eigenvalue weighted by molar-refractivity contribution is -0.309. The number of hydrogen-bond donors (Lipinski definition) is 1. The van der Waals surface area contributed by atoms with Gasteiger partial charge in [-0.15, -0.1) is 0 Å². The molecule has 0 unspecified atom stereocenters. The number of anilines is 2. The van der Waals surface area contributed by atoms with E-state index >= 15 is 0 Å². The zero-order valence-electron chi connectivity index (χ0n) is 50.6. The number of carbonyl (C=O) groups is 6. The van der Waals surface area contributed by atoms with Crippen molar-refractivity contribution in [1.29, 1.82) is 0 Å². The van der Waals surface area contributed by atoms with Crippen LogP contribution in [0.5, 0.6) is 0 Å². The fraction of sp³-hybridized carbons (Fsp3) is 0.593. The summed E-state index contributed by atoms with van der Waals surface area (Å²) in [7, 11) is 0. The second kappa shape index (κ2) is 32.5. The standard InChI is InChI=1S/C33H41F6N3O6.C26H35F6N3O6/c1-23-12-13-25(21-40-15-17-41(18-16-40)30(45)48-28(32(34,35)36)33(37,38)39)26(19-23)42(20-24-9-6-5-7-10-24)14-8-11-27(43)46-22-47-29(44)31(2,3)4;1-17-7-8-18(19(14-17)33-9-5-6-20(36)39-16-40-22(37)24(2,3)4)15-34-10-12-35(13-11-34)23(38)41-21(25(27,28)29)26(30,31)32/h5-7,9-10,12-13,19,28H,8,11,14-18,20-22H2,1-4H3;7-8,14,21,33H,5-6,9-13,15-16H2,1-4H3. The Bertz CT molecular complexity index is 2770. The molecule has 18 nitrogen and oxygen atoms in total. The van der Waals surface area contributed by atoms with Gasteiger partial charge in [0.05, 0.1) is 10.8 Å². The summed E-state index contributed by atoms with van der Waals surface area (Å²) in [6.07, 6.45) is -33.8. The number of ether oxygens (including phenoxy) is 6. The Morgan fingerprint density at radius 1 is 0.517 bits per heavy atom. The fourth-order valence-corrected chi connectivity index (χ4v) is 8.58. The van der Waals surface area contributed by atoms with Crippen LogP contribution in [0.25, 0.3) is 0 Å². The molecule has 0 spiro atoms. The monoisotopic (exact) mass is 1290 g/mol. The molecule has 2 amide bonds. The highest BCUT2D eigenvalue weighted by atomic mass is 19.4. The molecular formula is C59H76F12N6O12. The number of rotatable bonds is 22. The first-order valence-corrected chi connectivity index (χ1v) is 28.2. The molecular weight excluding hydrogens is 1210 g/mol. The number of esters is 4. The fourth-order valence-electron chi connectivity index (χ4n) is 8.58. The topological polar surface area (TPSA) is 186 Å². The first-order chi connectivity index (χ1) is 41.2. The molecule has 3 aromatic carbocycles. The van der Waals surface area contributed by atoms with Crippen molar-refractivity contribution in [3.8, 4) is 0 Å². The lowest BCUT2D eigenvalue weighted by Gasteiger charge is -2.36. The van der Waals surface area contributed by atoms with Crippen LogP contribution in [-0.4, -0.2) is 172 Å². The molecule has 3 aromatic rings. The van der Waals surface area contributed by atoms with Crippen LogP contribution in [0.1, 0.15) is 95.0 Å². The highest BCUT2D eigenvalue weighted by Gasteiger charge is 2.61. The van der Waals surface area contributed by atoms with Crippen molar-refractivity contribution >= 4 is 47.4 Å². The van der Waals surface area contributed by atoms with E-state index in [-0.39, 0.29) is 65.2 Å². The Balaban J connectivity index is 0.000000385. The molecule has 0 saturated carbocycles. The number of piperazine rings is 2. The summed E-state index contributed by atoms with van der Waals surface area (Å²) in [4.78, 5) is 79.7. The second-order valence-corrected chi connectivity index (χ2v) is 23.2. The lowest BCUT2D eigenvalue weighted by Crippen LogP contribution is -2.52. The summed E-state index contributed by atoms with van der Waals surface area (Å²) >= 11 is 0. The van der Waals surface area contributed by atoms with Crippen LogP contribution in [0.2, 0.25) is 0 Å². The molecule has 2 aliphatic rings. The summed E-state index contributed by atoms with van der Waals surface area (Å²) in [5.74, 6) is -2.02. The molecule has 0 aliphatic carbocycles. The van der Waals surface area contributed by atoms with Gasteiger partial charge in [0.2, 0.25) is 13.6 Å². The van der Waals surface area contributed by atoms with Crippen molar-refractivity contribution in [1.82, 2.24) is 19.6 Å². The van der Waals surface area contributed by atoms with Gasteiger partial charge in [-0.25, -0.2) is 9.59 Å². The number of benzene rings is 3. The van der Waals surface area contributed by atoms with Gasteiger partial charge in [-0.3, -0.25) is 29.0 Å². The third kappa shape index (κ3) is 25.6. The zero-order valence-corrected chi connectivity index (χ0v) is 50.6. The van der Waals surface area contributed by atoms with Crippen molar-refractivity contribution in [3.05, 3.63) is 94.5 Å². The molecule has 0 bridgehead atoms. The third-order valence-corrected chi connectivity index (χ3v) is 13.5. The molecule has 5 rings (SSSR count). The van der Waals surface area contributed by atoms with Crippen molar-refractivity contribution in [2.75, 3.05) is 89.3 Å².